The van der Waals surface area contributed by atoms with E-state index in [2.05, 4.69) is 186 Å². The third kappa shape index (κ3) is 3.27. The van der Waals surface area contributed by atoms with Gasteiger partial charge in [-0.2, -0.15) is 0 Å². The maximum Gasteiger partial charge on any atom is 0.332 e. The zero-order valence-electron chi connectivity index (χ0n) is 28.4. The fraction of sp³-hybridized carbons (Fsp3) is 0.0638. The molecule has 0 amide bonds. The number of nitrogens with zero attached hydrogens (tertiary/aromatic N) is 3. The number of aromatic nitrogens is 2. The minimum atomic E-state index is -0.202. The summed E-state index contributed by atoms with van der Waals surface area (Å²) in [5, 5.41) is 5.17. The SMILES string of the molecule is CC1(C)C2=C(c3ccccc31)c1cccc3c1B(c1cc4c5ccccc5n(-c5ccccc5)c4c4c5ccccc5n-3c14)N2c1ccccc1. The molecule has 51 heavy (non-hydrogen) atoms. The van der Waals surface area contributed by atoms with Crippen LogP contribution in [0.1, 0.15) is 30.5 Å². The molecule has 0 atom stereocenters. The molecule has 2 aromatic heterocycles. The van der Waals surface area contributed by atoms with Gasteiger partial charge in [-0.3, -0.25) is 0 Å². The number of para-hydroxylation sites is 4. The average Bonchev–Trinajstić information content (AvgIpc) is 3.78. The molecule has 4 heteroatoms. The number of hydrogen-bond acceptors (Lipinski definition) is 1. The molecule has 0 saturated heterocycles. The summed E-state index contributed by atoms with van der Waals surface area (Å²) in [6, 6.07) is 58.7. The summed E-state index contributed by atoms with van der Waals surface area (Å²) in [6.45, 7) is 4.82. The van der Waals surface area contributed by atoms with E-state index in [4.69, 9.17) is 0 Å². The Kier molecular flexibility index (Phi) is 5.13. The summed E-state index contributed by atoms with van der Waals surface area (Å²) < 4.78 is 5.09. The average molecular weight is 650 g/mol. The molecule has 0 radical (unpaired) electrons. The van der Waals surface area contributed by atoms with Crippen LogP contribution in [0.3, 0.4) is 0 Å². The standard InChI is InChI=1S/C47H32BN3/c1-47(2)36-24-12-9-21-32(36)41-34-23-15-27-40-43(34)48(51(46(41)47)30-18-7-4-8-19-30)37-28-35-31-20-10-13-25-38(31)49(29-16-5-3-6-17-29)44(35)42-33-22-11-14-26-39(33)50(40)45(37)42/h3-28H,1-2H3. The first-order chi connectivity index (χ1) is 25.1. The summed E-state index contributed by atoms with van der Waals surface area (Å²) in [5.74, 6) is 0. The molecule has 7 aromatic carbocycles. The first-order valence-electron chi connectivity index (χ1n) is 18.0. The molecule has 2 aliphatic heterocycles. The van der Waals surface area contributed by atoms with Gasteiger partial charge in [0.2, 0.25) is 0 Å². The van der Waals surface area contributed by atoms with Gasteiger partial charge >= 0.3 is 6.85 Å². The molecule has 0 N–H and O–H groups in total. The quantitative estimate of drug-likeness (QED) is 0.170. The Morgan fingerprint density at radius 2 is 1.14 bits per heavy atom. The van der Waals surface area contributed by atoms with Crippen molar-refractivity contribution in [2.75, 3.05) is 4.81 Å². The van der Waals surface area contributed by atoms with Gasteiger partial charge < -0.3 is 13.9 Å². The Morgan fingerprint density at radius 1 is 0.510 bits per heavy atom. The van der Waals surface area contributed by atoms with Crippen molar-refractivity contribution >= 4 is 72.6 Å². The van der Waals surface area contributed by atoms with E-state index in [1.54, 1.807) is 0 Å². The molecule has 3 nitrogen and oxygen atoms in total. The van der Waals surface area contributed by atoms with Crippen LogP contribution in [0.2, 0.25) is 0 Å². The molecule has 0 saturated carbocycles. The normalized spacial score (nSPS) is 15.3. The zero-order valence-corrected chi connectivity index (χ0v) is 28.4. The van der Waals surface area contributed by atoms with Crippen LogP contribution >= 0.6 is 0 Å². The Balaban J connectivity index is 1.32. The number of rotatable bonds is 2. The van der Waals surface area contributed by atoms with E-state index in [0.29, 0.717) is 0 Å². The fourth-order valence-electron chi connectivity index (χ4n) is 10.1. The van der Waals surface area contributed by atoms with Crippen LogP contribution in [0, 0.1) is 0 Å². The summed E-state index contributed by atoms with van der Waals surface area (Å²) in [4.78, 5) is 2.71. The number of benzene rings is 7. The smallest absolute Gasteiger partial charge is 0.332 e. The lowest BCUT2D eigenvalue weighted by molar-refractivity contribution is 0.630. The molecular formula is C47H32BN3. The molecule has 9 aromatic rings. The Labute approximate surface area is 296 Å². The minimum absolute atomic E-state index is 0.0199. The van der Waals surface area contributed by atoms with E-state index in [1.165, 1.54) is 99.6 Å². The lowest BCUT2D eigenvalue weighted by Crippen LogP contribution is -2.63. The highest BCUT2D eigenvalue weighted by molar-refractivity contribution is 6.93. The third-order valence-electron chi connectivity index (χ3n) is 12.0. The highest BCUT2D eigenvalue weighted by atomic mass is 15.1. The van der Waals surface area contributed by atoms with Gasteiger partial charge in [-0.1, -0.05) is 129 Å². The van der Waals surface area contributed by atoms with Crippen molar-refractivity contribution in [2.45, 2.75) is 19.3 Å². The second-order valence-corrected chi connectivity index (χ2v) is 14.9. The molecule has 3 aliphatic rings. The fourth-order valence-corrected chi connectivity index (χ4v) is 10.1. The van der Waals surface area contributed by atoms with E-state index in [-0.39, 0.29) is 12.3 Å². The third-order valence-corrected chi connectivity index (χ3v) is 12.0. The van der Waals surface area contributed by atoms with Gasteiger partial charge in [0.05, 0.1) is 22.1 Å². The van der Waals surface area contributed by atoms with Gasteiger partial charge in [0.25, 0.3) is 0 Å². The predicted molar refractivity (Wildman–Crippen MR) is 215 cm³/mol. The van der Waals surface area contributed by atoms with Gasteiger partial charge in [-0.25, -0.2) is 0 Å². The molecule has 0 bridgehead atoms. The molecule has 0 unspecified atom stereocenters. The molecule has 238 valence electrons. The van der Waals surface area contributed by atoms with Gasteiger partial charge in [0, 0.05) is 55.3 Å². The van der Waals surface area contributed by atoms with Crippen LogP contribution in [0.5, 0.6) is 0 Å². The summed E-state index contributed by atoms with van der Waals surface area (Å²) in [7, 11) is 0. The zero-order chi connectivity index (χ0) is 33.6. The van der Waals surface area contributed by atoms with Crippen molar-refractivity contribution in [3.05, 3.63) is 180 Å². The van der Waals surface area contributed by atoms with E-state index in [9.17, 15) is 0 Å². The molecule has 0 fully saturated rings. The number of allylic oxidation sites excluding steroid dienone is 1. The minimum Gasteiger partial charge on any atom is -0.379 e. The van der Waals surface area contributed by atoms with Crippen LogP contribution in [0.15, 0.2) is 163 Å². The number of anilines is 1. The van der Waals surface area contributed by atoms with E-state index < -0.39 is 0 Å². The van der Waals surface area contributed by atoms with E-state index in [0.717, 1.165) is 0 Å². The van der Waals surface area contributed by atoms with E-state index in [1.807, 2.05) is 0 Å². The van der Waals surface area contributed by atoms with Crippen molar-refractivity contribution < 1.29 is 0 Å². The van der Waals surface area contributed by atoms with Crippen molar-refractivity contribution in [1.29, 1.82) is 0 Å². The first-order valence-corrected chi connectivity index (χ1v) is 18.0. The van der Waals surface area contributed by atoms with Crippen molar-refractivity contribution in [3.8, 4) is 11.4 Å². The van der Waals surface area contributed by atoms with Crippen molar-refractivity contribution in [3.63, 3.8) is 0 Å². The molecular weight excluding hydrogens is 617 g/mol. The first kappa shape index (κ1) is 27.6. The second-order valence-electron chi connectivity index (χ2n) is 14.9. The van der Waals surface area contributed by atoms with Crippen LogP contribution < -0.4 is 15.7 Å². The topological polar surface area (TPSA) is 13.1 Å². The van der Waals surface area contributed by atoms with Gasteiger partial charge in [-0.05, 0) is 70.1 Å². The Hall–Kier alpha value is -6.26. The summed E-state index contributed by atoms with van der Waals surface area (Å²) in [5.41, 5.74) is 18.1. The highest BCUT2D eigenvalue weighted by Gasteiger charge is 2.51. The van der Waals surface area contributed by atoms with Crippen LogP contribution in [0.4, 0.5) is 5.69 Å². The number of fused-ring (bicyclic) bond motifs is 12. The number of hydrogen-bond donors (Lipinski definition) is 0. The van der Waals surface area contributed by atoms with E-state index >= 15 is 0 Å². The molecule has 4 heterocycles. The van der Waals surface area contributed by atoms with Crippen LogP contribution in [-0.2, 0) is 5.41 Å². The predicted octanol–water partition coefficient (Wildman–Crippen LogP) is 9.87. The van der Waals surface area contributed by atoms with Crippen molar-refractivity contribution in [1.82, 2.24) is 9.13 Å². The van der Waals surface area contributed by atoms with Gasteiger partial charge in [-0.15, -0.1) is 0 Å². The Morgan fingerprint density at radius 3 is 1.92 bits per heavy atom. The highest BCUT2D eigenvalue weighted by Crippen LogP contribution is 2.54. The summed E-state index contributed by atoms with van der Waals surface area (Å²) >= 11 is 0. The van der Waals surface area contributed by atoms with Gasteiger partial charge in [0.1, 0.15) is 0 Å². The van der Waals surface area contributed by atoms with Crippen LogP contribution in [-0.4, -0.2) is 16.0 Å². The lowest BCUT2D eigenvalue weighted by Gasteiger charge is -2.45. The second kappa shape index (κ2) is 9.50. The van der Waals surface area contributed by atoms with Crippen molar-refractivity contribution in [2.24, 2.45) is 0 Å². The maximum absolute atomic E-state index is 2.71. The maximum atomic E-state index is 2.71. The molecule has 0 spiro atoms. The monoisotopic (exact) mass is 649 g/mol. The molecule has 12 rings (SSSR count). The Bertz CT molecular complexity index is 3000. The summed E-state index contributed by atoms with van der Waals surface area (Å²) in [6.07, 6.45) is 0. The van der Waals surface area contributed by atoms with Gasteiger partial charge in [0.15, 0.2) is 0 Å². The lowest BCUT2D eigenvalue weighted by atomic mass is 9.43. The largest absolute Gasteiger partial charge is 0.379 e. The van der Waals surface area contributed by atoms with Crippen LogP contribution in [0.25, 0.3) is 60.6 Å². The molecule has 1 aliphatic carbocycles.